The van der Waals surface area contributed by atoms with Gasteiger partial charge in [0.1, 0.15) is 0 Å². The fourth-order valence-electron chi connectivity index (χ4n) is 2.48. The lowest BCUT2D eigenvalue weighted by Gasteiger charge is -2.26. The Morgan fingerprint density at radius 3 is 1.90 bits per heavy atom. The topological polar surface area (TPSA) is 32.3 Å². The van der Waals surface area contributed by atoms with E-state index in [-0.39, 0.29) is 12.1 Å². The molecule has 2 rings (SSSR count). The second-order valence-corrected chi connectivity index (χ2v) is 5.18. The maximum atomic E-state index is 10.4. The van der Waals surface area contributed by atoms with Crippen molar-refractivity contribution < 1.29 is 5.11 Å². The summed E-state index contributed by atoms with van der Waals surface area (Å²) in [6.07, 6.45) is 0.504. The number of hydrogen-bond acceptors (Lipinski definition) is 2. The van der Waals surface area contributed by atoms with E-state index in [1.165, 1.54) is 5.56 Å². The predicted octanol–water partition coefficient (Wildman–Crippen LogP) is 3.85. The number of aliphatic hydroxyl groups excluding tert-OH is 1. The SMILES string of the molecule is CC[C@H](N[C@H](C)[C@@H](O)c1ccccc1)c1ccccc1. The van der Waals surface area contributed by atoms with Gasteiger partial charge in [-0.1, -0.05) is 67.6 Å². The van der Waals surface area contributed by atoms with E-state index in [1.54, 1.807) is 0 Å². The molecule has 0 aliphatic rings. The van der Waals surface area contributed by atoms with Gasteiger partial charge in [0.2, 0.25) is 0 Å². The third-order valence-corrected chi connectivity index (χ3v) is 3.69. The van der Waals surface area contributed by atoms with Gasteiger partial charge < -0.3 is 10.4 Å². The van der Waals surface area contributed by atoms with Crippen molar-refractivity contribution in [2.45, 2.75) is 38.5 Å². The van der Waals surface area contributed by atoms with Crippen LogP contribution in [0.5, 0.6) is 0 Å². The standard InChI is InChI=1S/C18H23NO/c1-3-17(15-10-6-4-7-11-15)19-14(2)18(20)16-12-8-5-9-13-16/h4-14,17-20H,3H2,1-2H3/t14-,17+,18-/m1/s1. The lowest BCUT2D eigenvalue weighted by atomic mass is 9.99. The van der Waals surface area contributed by atoms with Crippen molar-refractivity contribution in [1.29, 1.82) is 0 Å². The molecule has 0 fully saturated rings. The van der Waals surface area contributed by atoms with Crippen LogP contribution in [0.1, 0.15) is 43.5 Å². The van der Waals surface area contributed by atoms with E-state index in [0.717, 1.165) is 12.0 Å². The highest BCUT2D eigenvalue weighted by Crippen LogP contribution is 2.22. The van der Waals surface area contributed by atoms with E-state index in [2.05, 4.69) is 36.5 Å². The van der Waals surface area contributed by atoms with Crippen LogP contribution >= 0.6 is 0 Å². The van der Waals surface area contributed by atoms with Crippen molar-refractivity contribution in [3.63, 3.8) is 0 Å². The number of nitrogens with one attached hydrogen (secondary N) is 1. The Kier molecular flexibility index (Phi) is 5.33. The molecule has 106 valence electrons. The van der Waals surface area contributed by atoms with Gasteiger partial charge in [-0.25, -0.2) is 0 Å². The number of rotatable bonds is 6. The summed E-state index contributed by atoms with van der Waals surface area (Å²) in [5.74, 6) is 0. The van der Waals surface area contributed by atoms with Gasteiger partial charge in [0.25, 0.3) is 0 Å². The van der Waals surface area contributed by atoms with Crippen molar-refractivity contribution in [1.82, 2.24) is 5.32 Å². The van der Waals surface area contributed by atoms with Crippen LogP contribution in [-0.2, 0) is 0 Å². The summed E-state index contributed by atoms with van der Waals surface area (Å²) in [4.78, 5) is 0. The van der Waals surface area contributed by atoms with Crippen LogP contribution in [0.15, 0.2) is 60.7 Å². The minimum absolute atomic E-state index is 0.00237. The lowest BCUT2D eigenvalue weighted by molar-refractivity contribution is 0.129. The quantitative estimate of drug-likeness (QED) is 0.835. The molecular formula is C18H23NO. The minimum atomic E-state index is -0.492. The van der Waals surface area contributed by atoms with Crippen molar-refractivity contribution in [3.8, 4) is 0 Å². The van der Waals surface area contributed by atoms with Crippen molar-refractivity contribution >= 4 is 0 Å². The molecular weight excluding hydrogens is 246 g/mol. The molecule has 2 aromatic rings. The van der Waals surface area contributed by atoms with Gasteiger partial charge in [-0.2, -0.15) is 0 Å². The van der Waals surface area contributed by atoms with Gasteiger partial charge in [-0.15, -0.1) is 0 Å². The zero-order chi connectivity index (χ0) is 14.4. The third kappa shape index (κ3) is 3.69. The van der Waals surface area contributed by atoms with E-state index in [9.17, 15) is 5.11 Å². The number of hydrogen-bond donors (Lipinski definition) is 2. The molecule has 0 radical (unpaired) electrons. The molecule has 0 aliphatic heterocycles. The van der Waals surface area contributed by atoms with Crippen LogP contribution in [-0.4, -0.2) is 11.1 Å². The molecule has 3 atom stereocenters. The first-order chi connectivity index (χ1) is 9.72. The van der Waals surface area contributed by atoms with E-state index in [4.69, 9.17) is 0 Å². The summed E-state index contributed by atoms with van der Waals surface area (Å²) >= 11 is 0. The molecule has 0 aromatic heterocycles. The van der Waals surface area contributed by atoms with Gasteiger partial charge in [-0.05, 0) is 24.5 Å². The van der Waals surface area contributed by atoms with Crippen molar-refractivity contribution in [3.05, 3.63) is 71.8 Å². The Balaban J connectivity index is 2.04. The molecule has 0 saturated heterocycles. The molecule has 0 spiro atoms. The molecule has 0 saturated carbocycles. The molecule has 0 amide bonds. The van der Waals surface area contributed by atoms with Gasteiger partial charge in [0, 0.05) is 12.1 Å². The Morgan fingerprint density at radius 2 is 1.40 bits per heavy atom. The molecule has 2 N–H and O–H groups in total. The normalized spacial score (nSPS) is 15.6. The highest BCUT2D eigenvalue weighted by atomic mass is 16.3. The maximum Gasteiger partial charge on any atom is 0.0940 e. The fraction of sp³-hybridized carbons (Fsp3) is 0.333. The van der Waals surface area contributed by atoms with Gasteiger partial charge in [0.05, 0.1) is 6.10 Å². The smallest absolute Gasteiger partial charge is 0.0940 e. The van der Waals surface area contributed by atoms with E-state index >= 15 is 0 Å². The first-order valence-electron chi connectivity index (χ1n) is 7.26. The summed E-state index contributed by atoms with van der Waals surface area (Å²) in [6, 6.07) is 20.5. The van der Waals surface area contributed by atoms with Gasteiger partial charge in [-0.3, -0.25) is 0 Å². The first-order valence-corrected chi connectivity index (χ1v) is 7.26. The summed E-state index contributed by atoms with van der Waals surface area (Å²) in [6.45, 7) is 4.19. The fourth-order valence-corrected chi connectivity index (χ4v) is 2.48. The summed E-state index contributed by atoms with van der Waals surface area (Å²) in [5, 5.41) is 13.9. The molecule has 0 unspecified atom stereocenters. The predicted molar refractivity (Wildman–Crippen MR) is 83.5 cm³/mol. The average Bonchev–Trinajstić information content (AvgIpc) is 2.53. The molecule has 2 heteroatoms. The highest BCUT2D eigenvalue weighted by molar-refractivity contribution is 5.21. The van der Waals surface area contributed by atoms with Crippen molar-refractivity contribution in [2.75, 3.05) is 0 Å². The summed E-state index contributed by atoms with van der Waals surface area (Å²) < 4.78 is 0. The molecule has 0 heterocycles. The Hall–Kier alpha value is -1.64. The minimum Gasteiger partial charge on any atom is -0.387 e. The molecule has 20 heavy (non-hydrogen) atoms. The molecule has 0 bridgehead atoms. The number of aliphatic hydroxyl groups is 1. The molecule has 0 aliphatic carbocycles. The van der Waals surface area contributed by atoms with E-state index in [1.807, 2.05) is 43.3 Å². The second kappa shape index (κ2) is 7.22. The summed E-state index contributed by atoms with van der Waals surface area (Å²) in [5.41, 5.74) is 2.22. The lowest BCUT2D eigenvalue weighted by Crippen LogP contribution is -2.35. The zero-order valence-electron chi connectivity index (χ0n) is 12.2. The number of benzene rings is 2. The van der Waals surface area contributed by atoms with Gasteiger partial charge >= 0.3 is 0 Å². The van der Waals surface area contributed by atoms with Crippen molar-refractivity contribution in [2.24, 2.45) is 0 Å². The Morgan fingerprint density at radius 1 is 0.900 bits per heavy atom. The van der Waals surface area contributed by atoms with Crippen LogP contribution in [0.3, 0.4) is 0 Å². The van der Waals surface area contributed by atoms with Crippen LogP contribution < -0.4 is 5.32 Å². The molecule has 2 nitrogen and oxygen atoms in total. The monoisotopic (exact) mass is 269 g/mol. The van der Waals surface area contributed by atoms with E-state index in [0.29, 0.717) is 0 Å². The highest BCUT2D eigenvalue weighted by Gasteiger charge is 2.19. The van der Waals surface area contributed by atoms with Gasteiger partial charge in [0.15, 0.2) is 0 Å². The second-order valence-electron chi connectivity index (χ2n) is 5.18. The largest absolute Gasteiger partial charge is 0.387 e. The molecule has 2 aromatic carbocycles. The first kappa shape index (κ1) is 14.8. The van der Waals surface area contributed by atoms with E-state index < -0.39 is 6.10 Å². The Labute approximate surface area is 121 Å². The zero-order valence-corrected chi connectivity index (χ0v) is 12.2. The van der Waals surface area contributed by atoms with Crippen LogP contribution in [0.4, 0.5) is 0 Å². The maximum absolute atomic E-state index is 10.4. The van der Waals surface area contributed by atoms with Crippen LogP contribution in [0, 0.1) is 0 Å². The summed E-state index contributed by atoms with van der Waals surface area (Å²) in [7, 11) is 0. The van der Waals surface area contributed by atoms with Crippen LogP contribution in [0.25, 0.3) is 0 Å². The Bertz CT molecular complexity index is 497. The average molecular weight is 269 g/mol. The third-order valence-electron chi connectivity index (χ3n) is 3.69. The van der Waals surface area contributed by atoms with Crippen LogP contribution in [0.2, 0.25) is 0 Å².